The second-order valence-electron chi connectivity index (χ2n) is 5.18. The third-order valence-electron chi connectivity index (χ3n) is 3.67. The highest BCUT2D eigenvalue weighted by atomic mass is 35.5. The number of amides is 1. The van der Waals surface area contributed by atoms with Gasteiger partial charge in [-0.15, -0.1) is 0 Å². The van der Waals surface area contributed by atoms with E-state index < -0.39 is 5.91 Å². The van der Waals surface area contributed by atoms with E-state index in [1.54, 1.807) is 12.1 Å². The van der Waals surface area contributed by atoms with Gasteiger partial charge < -0.3 is 10.5 Å². The first-order chi connectivity index (χ1) is 9.16. The first-order valence-electron chi connectivity index (χ1n) is 6.83. The molecule has 0 atom stereocenters. The largest absolute Gasteiger partial charge is 0.376 e. The highest BCUT2D eigenvalue weighted by molar-refractivity contribution is 6.31. The van der Waals surface area contributed by atoms with E-state index in [0.717, 1.165) is 12.2 Å². The summed E-state index contributed by atoms with van der Waals surface area (Å²) in [6, 6.07) is 5.17. The summed E-state index contributed by atoms with van der Waals surface area (Å²) in [5.74, 6) is 0.205. The van der Waals surface area contributed by atoms with Crippen LogP contribution in [0.15, 0.2) is 18.2 Å². The van der Waals surface area contributed by atoms with Crippen molar-refractivity contribution in [3.8, 4) is 0 Å². The fourth-order valence-corrected chi connectivity index (χ4v) is 2.77. The number of carbonyl (C=O) groups excluding carboxylic acids is 1. The zero-order valence-electron chi connectivity index (χ0n) is 11.0. The van der Waals surface area contributed by atoms with Gasteiger partial charge in [0.25, 0.3) is 0 Å². The Morgan fingerprint density at radius 3 is 2.74 bits per heavy atom. The van der Waals surface area contributed by atoms with Crippen LogP contribution in [0.5, 0.6) is 0 Å². The monoisotopic (exact) mass is 281 g/mol. The molecular formula is C15H20ClNO2. The fraction of sp³-hybridized carbons (Fsp3) is 0.533. The summed E-state index contributed by atoms with van der Waals surface area (Å²) in [5.41, 5.74) is 6.61. The lowest BCUT2D eigenvalue weighted by atomic mass is 9.90. The molecule has 4 heteroatoms. The molecule has 104 valence electrons. The van der Waals surface area contributed by atoms with Crippen molar-refractivity contribution in [2.45, 2.75) is 38.7 Å². The lowest BCUT2D eigenvalue weighted by Crippen LogP contribution is -2.16. The Labute approximate surface area is 119 Å². The van der Waals surface area contributed by atoms with Crippen LogP contribution in [0.1, 0.15) is 48.0 Å². The number of ether oxygens (including phenoxy) is 1. The van der Waals surface area contributed by atoms with Crippen molar-refractivity contribution < 1.29 is 9.53 Å². The van der Waals surface area contributed by atoms with Crippen molar-refractivity contribution in [2.75, 3.05) is 6.61 Å². The number of rotatable bonds is 5. The van der Waals surface area contributed by atoms with E-state index in [4.69, 9.17) is 22.1 Å². The molecule has 0 aliphatic heterocycles. The van der Waals surface area contributed by atoms with Crippen LogP contribution in [-0.4, -0.2) is 12.5 Å². The molecule has 0 aromatic heterocycles. The summed E-state index contributed by atoms with van der Waals surface area (Å²) < 4.78 is 5.74. The van der Waals surface area contributed by atoms with Gasteiger partial charge in [-0.2, -0.15) is 0 Å². The Hall–Kier alpha value is -1.06. The maximum Gasteiger partial charge on any atom is 0.249 e. The maximum atomic E-state index is 11.3. The molecule has 1 aliphatic rings. The summed E-state index contributed by atoms with van der Waals surface area (Å²) in [6.07, 6.45) is 6.47. The fourth-order valence-electron chi connectivity index (χ4n) is 2.59. The lowest BCUT2D eigenvalue weighted by Gasteiger charge is -2.21. The molecule has 0 spiro atoms. The highest BCUT2D eigenvalue weighted by Crippen LogP contribution is 2.24. The molecule has 1 aliphatic carbocycles. The highest BCUT2D eigenvalue weighted by Gasteiger charge is 2.14. The smallest absolute Gasteiger partial charge is 0.249 e. The molecule has 1 amide bonds. The average molecular weight is 282 g/mol. The Bertz CT molecular complexity index is 442. The van der Waals surface area contributed by atoms with Gasteiger partial charge in [-0.1, -0.05) is 36.9 Å². The predicted molar refractivity (Wildman–Crippen MR) is 76.2 cm³/mol. The van der Waals surface area contributed by atoms with Crippen LogP contribution in [0.2, 0.25) is 5.02 Å². The predicted octanol–water partition coefficient (Wildman–Crippen LogP) is 3.54. The first kappa shape index (κ1) is 14.4. The Balaban J connectivity index is 1.89. The van der Waals surface area contributed by atoms with Crippen molar-refractivity contribution in [1.82, 2.24) is 0 Å². The summed E-state index contributed by atoms with van der Waals surface area (Å²) in [4.78, 5) is 11.3. The van der Waals surface area contributed by atoms with Gasteiger partial charge in [0.15, 0.2) is 0 Å². The van der Waals surface area contributed by atoms with Crippen molar-refractivity contribution in [3.63, 3.8) is 0 Å². The van der Waals surface area contributed by atoms with E-state index in [2.05, 4.69) is 0 Å². The number of hydrogen-bond donors (Lipinski definition) is 1. The normalized spacial score (nSPS) is 16.5. The van der Waals surface area contributed by atoms with Gasteiger partial charge in [-0.3, -0.25) is 4.79 Å². The molecule has 3 nitrogen and oxygen atoms in total. The average Bonchev–Trinajstić information content (AvgIpc) is 2.41. The zero-order valence-corrected chi connectivity index (χ0v) is 11.8. The van der Waals surface area contributed by atoms with Crippen LogP contribution in [0.3, 0.4) is 0 Å². The third-order valence-corrected chi connectivity index (χ3v) is 3.91. The van der Waals surface area contributed by atoms with Crippen LogP contribution < -0.4 is 5.73 Å². The number of nitrogens with two attached hydrogens (primary N) is 1. The summed E-state index contributed by atoms with van der Waals surface area (Å²) in [5, 5.41) is 0.518. The van der Waals surface area contributed by atoms with E-state index in [1.165, 1.54) is 32.1 Å². The maximum absolute atomic E-state index is 11.3. The van der Waals surface area contributed by atoms with Crippen molar-refractivity contribution in [3.05, 3.63) is 34.3 Å². The molecule has 1 fully saturated rings. The number of primary amides is 1. The standard InChI is InChI=1S/C15H20ClNO2/c16-13-7-6-12(14(8-13)15(17)18)10-19-9-11-4-2-1-3-5-11/h6-8,11H,1-5,9-10H2,(H2,17,18). The number of benzene rings is 1. The molecule has 2 rings (SSSR count). The summed E-state index contributed by atoms with van der Waals surface area (Å²) in [7, 11) is 0. The Kier molecular flexibility index (Phi) is 5.23. The molecule has 1 aromatic carbocycles. The van der Waals surface area contributed by atoms with Crippen LogP contribution in [0, 0.1) is 5.92 Å². The minimum Gasteiger partial charge on any atom is -0.376 e. The Morgan fingerprint density at radius 2 is 2.05 bits per heavy atom. The lowest BCUT2D eigenvalue weighted by molar-refractivity contribution is 0.0729. The van der Waals surface area contributed by atoms with Gasteiger partial charge in [-0.25, -0.2) is 0 Å². The van der Waals surface area contributed by atoms with E-state index in [-0.39, 0.29) is 0 Å². The van der Waals surface area contributed by atoms with E-state index in [1.807, 2.05) is 6.07 Å². The molecule has 2 N–H and O–H groups in total. The topological polar surface area (TPSA) is 52.3 Å². The van der Waals surface area contributed by atoms with Crippen molar-refractivity contribution in [1.29, 1.82) is 0 Å². The molecular weight excluding hydrogens is 262 g/mol. The van der Waals surface area contributed by atoms with Crippen LogP contribution >= 0.6 is 11.6 Å². The minimum absolute atomic E-state index is 0.423. The van der Waals surface area contributed by atoms with Gasteiger partial charge in [0.05, 0.1) is 6.61 Å². The number of hydrogen-bond acceptors (Lipinski definition) is 2. The molecule has 0 unspecified atom stereocenters. The van der Waals surface area contributed by atoms with Gasteiger partial charge in [-0.05, 0) is 36.5 Å². The van der Waals surface area contributed by atoms with Crippen molar-refractivity contribution in [2.24, 2.45) is 11.7 Å². The van der Waals surface area contributed by atoms with Crippen LogP contribution in [-0.2, 0) is 11.3 Å². The quantitative estimate of drug-likeness (QED) is 0.897. The van der Waals surface area contributed by atoms with Gasteiger partial charge in [0.2, 0.25) is 5.91 Å². The molecule has 0 saturated heterocycles. The van der Waals surface area contributed by atoms with Crippen LogP contribution in [0.25, 0.3) is 0 Å². The SMILES string of the molecule is NC(=O)c1cc(Cl)ccc1COCC1CCCCC1. The molecule has 19 heavy (non-hydrogen) atoms. The van der Waals surface area contributed by atoms with Gasteiger partial charge in [0, 0.05) is 17.2 Å². The number of halogens is 1. The molecule has 0 bridgehead atoms. The van der Waals surface area contributed by atoms with Crippen molar-refractivity contribution >= 4 is 17.5 Å². The summed E-state index contributed by atoms with van der Waals surface area (Å²) >= 11 is 5.87. The molecule has 0 heterocycles. The van der Waals surface area contributed by atoms with E-state index in [0.29, 0.717) is 23.1 Å². The zero-order chi connectivity index (χ0) is 13.7. The van der Waals surface area contributed by atoms with E-state index in [9.17, 15) is 4.79 Å². The molecule has 1 saturated carbocycles. The second kappa shape index (κ2) is 6.92. The first-order valence-corrected chi connectivity index (χ1v) is 7.20. The summed E-state index contributed by atoms with van der Waals surface area (Å²) in [6.45, 7) is 1.19. The second-order valence-corrected chi connectivity index (χ2v) is 5.62. The molecule has 1 aromatic rings. The van der Waals surface area contributed by atoms with Crippen LogP contribution in [0.4, 0.5) is 0 Å². The Morgan fingerprint density at radius 1 is 1.32 bits per heavy atom. The van der Waals surface area contributed by atoms with Gasteiger partial charge in [0.1, 0.15) is 0 Å². The van der Waals surface area contributed by atoms with E-state index >= 15 is 0 Å². The van der Waals surface area contributed by atoms with Gasteiger partial charge >= 0.3 is 0 Å². The number of carbonyl (C=O) groups is 1. The third kappa shape index (κ3) is 4.22. The minimum atomic E-state index is -0.459. The molecule has 0 radical (unpaired) electrons.